The van der Waals surface area contributed by atoms with Crippen LogP contribution in [-0.4, -0.2) is 41.6 Å². The van der Waals surface area contributed by atoms with Crippen LogP contribution in [0.4, 0.5) is 17.1 Å². The number of rotatable bonds is 6. The lowest BCUT2D eigenvalue weighted by molar-refractivity contribution is -0.122. The number of carbonyl (C=O) groups excluding carboxylic acids is 1. The molecule has 3 aromatic carbocycles. The van der Waals surface area contributed by atoms with E-state index in [1.165, 1.54) is 24.3 Å². The number of para-hydroxylation sites is 2. The molecule has 4 rings (SSSR count). The molecular formula is C24H25N3O6S2. The lowest BCUT2D eigenvalue weighted by atomic mass is 10.1. The summed E-state index contributed by atoms with van der Waals surface area (Å²) in [4.78, 5) is 12.9. The summed E-state index contributed by atoms with van der Waals surface area (Å²) in [6, 6.07) is 17.6. The Hall–Kier alpha value is -3.57. The van der Waals surface area contributed by atoms with Crippen LogP contribution in [0.2, 0.25) is 0 Å². The molecular weight excluding hydrogens is 490 g/mol. The number of ether oxygens (including phenoxy) is 1. The van der Waals surface area contributed by atoms with Crippen LogP contribution in [0, 0.1) is 13.8 Å². The molecule has 2 N–H and O–H groups in total. The van der Waals surface area contributed by atoms with E-state index in [9.17, 15) is 21.6 Å². The molecule has 0 unspecified atom stereocenters. The molecule has 0 spiro atoms. The van der Waals surface area contributed by atoms with Crippen molar-refractivity contribution in [2.45, 2.75) is 24.8 Å². The average Bonchev–Trinajstić information content (AvgIpc) is 2.80. The number of carbonyl (C=O) groups is 1. The van der Waals surface area contributed by atoms with Crippen molar-refractivity contribution in [3.63, 3.8) is 0 Å². The SMILES string of the molecule is Cc1ccc(NS(=O)(=O)c2ccc(NC(=O)[C@@H]3CN(S(C)(=O)=O)c4ccccc4O3)cc2)c(C)c1. The maximum Gasteiger partial charge on any atom is 0.267 e. The molecule has 0 fully saturated rings. The van der Waals surface area contributed by atoms with Crippen LogP contribution in [0.1, 0.15) is 11.1 Å². The fourth-order valence-corrected chi connectivity index (χ4v) is 5.77. The van der Waals surface area contributed by atoms with Crippen LogP contribution in [0.25, 0.3) is 0 Å². The van der Waals surface area contributed by atoms with Crippen molar-refractivity contribution in [3.05, 3.63) is 77.9 Å². The van der Waals surface area contributed by atoms with Crippen molar-refractivity contribution in [1.82, 2.24) is 0 Å². The molecule has 1 amide bonds. The van der Waals surface area contributed by atoms with E-state index in [1.54, 1.807) is 30.3 Å². The highest BCUT2D eigenvalue weighted by Gasteiger charge is 2.34. The molecule has 1 aliphatic rings. The van der Waals surface area contributed by atoms with E-state index in [4.69, 9.17) is 4.74 Å². The molecule has 184 valence electrons. The predicted octanol–water partition coefficient (Wildman–Crippen LogP) is 3.27. The third-order valence-electron chi connectivity index (χ3n) is 5.49. The van der Waals surface area contributed by atoms with Gasteiger partial charge in [-0.15, -0.1) is 0 Å². The summed E-state index contributed by atoms with van der Waals surface area (Å²) in [5.41, 5.74) is 3.02. The monoisotopic (exact) mass is 515 g/mol. The number of sulfonamides is 2. The van der Waals surface area contributed by atoms with E-state index in [1.807, 2.05) is 26.0 Å². The second-order valence-corrected chi connectivity index (χ2v) is 11.9. The van der Waals surface area contributed by atoms with Crippen LogP contribution in [-0.2, 0) is 24.8 Å². The average molecular weight is 516 g/mol. The molecule has 1 atom stereocenters. The van der Waals surface area contributed by atoms with Crippen LogP contribution in [0.15, 0.2) is 71.6 Å². The van der Waals surface area contributed by atoms with E-state index in [-0.39, 0.29) is 17.2 Å². The van der Waals surface area contributed by atoms with Gasteiger partial charge in [-0.05, 0) is 61.9 Å². The number of fused-ring (bicyclic) bond motifs is 1. The molecule has 0 radical (unpaired) electrons. The summed E-state index contributed by atoms with van der Waals surface area (Å²) in [5.74, 6) is -0.277. The first-order valence-electron chi connectivity index (χ1n) is 10.7. The van der Waals surface area contributed by atoms with Crippen molar-refractivity contribution < 1.29 is 26.4 Å². The lowest BCUT2D eigenvalue weighted by Crippen LogP contribution is -2.48. The molecule has 9 nitrogen and oxygen atoms in total. The normalized spacial score (nSPS) is 15.6. The minimum Gasteiger partial charge on any atom is -0.476 e. The van der Waals surface area contributed by atoms with Gasteiger partial charge in [0.1, 0.15) is 5.75 Å². The van der Waals surface area contributed by atoms with Crippen molar-refractivity contribution in [2.24, 2.45) is 0 Å². The molecule has 11 heteroatoms. The van der Waals surface area contributed by atoms with Gasteiger partial charge in [0, 0.05) is 5.69 Å². The number of hydrogen-bond acceptors (Lipinski definition) is 6. The zero-order chi connectivity index (χ0) is 25.4. The number of nitrogens with zero attached hydrogens (tertiary/aromatic N) is 1. The molecule has 0 saturated heterocycles. The smallest absolute Gasteiger partial charge is 0.267 e. The number of nitrogens with one attached hydrogen (secondary N) is 2. The minimum atomic E-state index is -3.83. The third-order valence-corrected chi connectivity index (χ3v) is 8.01. The highest BCUT2D eigenvalue weighted by molar-refractivity contribution is 7.92. The molecule has 0 bridgehead atoms. The number of benzene rings is 3. The van der Waals surface area contributed by atoms with Crippen molar-refractivity contribution >= 4 is 43.0 Å². The molecule has 3 aromatic rings. The van der Waals surface area contributed by atoms with Gasteiger partial charge in [0.05, 0.1) is 29.1 Å². The molecule has 0 saturated carbocycles. The Balaban J connectivity index is 1.48. The quantitative estimate of drug-likeness (QED) is 0.520. The zero-order valence-electron chi connectivity index (χ0n) is 19.3. The van der Waals surface area contributed by atoms with Gasteiger partial charge in [0.15, 0.2) is 6.10 Å². The fraction of sp³-hybridized carbons (Fsp3) is 0.208. The Morgan fingerprint density at radius 2 is 1.66 bits per heavy atom. The fourth-order valence-electron chi connectivity index (χ4n) is 3.72. The topological polar surface area (TPSA) is 122 Å². The largest absolute Gasteiger partial charge is 0.476 e. The molecule has 0 aliphatic carbocycles. The number of hydrogen-bond donors (Lipinski definition) is 2. The van der Waals surface area contributed by atoms with Gasteiger partial charge >= 0.3 is 0 Å². The van der Waals surface area contributed by atoms with Gasteiger partial charge in [-0.1, -0.05) is 29.8 Å². The Morgan fingerprint density at radius 1 is 0.971 bits per heavy atom. The first kappa shape index (κ1) is 24.6. The maximum atomic E-state index is 12.8. The van der Waals surface area contributed by atoms with Crippen molar-refractivity contribution in [1.29, 1.82) is 0 Å². The van der Waals surface area contributed by atoms with E-state index in [0.717, 1.165) is 21.7 Å². The lowest BCUT2D eigenvalue weighted by Gasteiger charge is -2.33. The predicted molar refractivity (Wildman–Crippen MR) is 135 cm³/mol. The second kappa shape index (κ2) is 9.23. The van der Waals surface area contributed by atoms with Crippen LogP contribution in [0.5, 0.6) is 5.75 Å². The Kier molecular flexibility index (Phi) is 6.48. The van der Waals surface area contributed by atoms with E-state index >= 15 is 0 Å². The highest BCUT2D eigenvalue weighted by Crippen LogP contribution is 2.34. The molecule has 1 heterocycles. The number of aryl methyl sites for hydroxylation is 2. The van der Waals surface area contributed by atoms with Gasteiger partial charge in [-0.3, -0.25) is 13.8 Å². The summed E-state index contributed by atoms with van der Waals surface area (Å²) < 4.78 is 59.5. The van der Waals surface area contributed by atoms with Crippen LogP contribution >= 0.6 is 0 Å². The van der Waals surface area contributed by atoms with Gasteiger partial charge in [0.2, 0.25) is 10.0 Å². The minimum absolute atomic E-state index is 0.0292. The van der Waals surface area contributed by atoms with Crippen LogP contribution in [0.3, 0.4) is 0 Å². The highest BCUT2D eigenvalue weighted by atomic mass is 32.2. The third kappa shape index (κ3) is 5.41. The number of anilines is 3. The van der Waals surface area contributed by atoms with E-state index < -0.39 is 32.1 Å². The number of amides is 1. The summed E-state index contributed by atoms with van der Waals surface area (Å²) in [6.45, 7) is 3.56. The Morgan fingerprint density at radius 3 is 2.31 bits per heavy atom. The summed E-state index contributed by atoms with van der Waals surface area (Å²) >= 11 is 0. The Bertz CT molecular complexity index is 1490. The van der Waals surface area contributed by atoms with Gasteiger partial charge < -0.3 is 10.1 Å². The molecule has 0 aromatic heterocycles. The maximum absolute atomic E-state index is 12.8. The van der Waals surface area contributed by atoms with Crippen molar-refractivity contribution in [3.8, 4) is 5.75 Å². The zero-order valence-corrected chi connectivity index (χ0v) is 21.0. The van der Waals surface area contributed by atoms with Crippen molar-refractivity contribution in [2.75, 3.05) is 27.1 Å². The standard InChI is InChI=1S/C24H25N3O6S2/c1-16-8-13-20(17(2)14-16)26-35(31,32)19-11-9-18(10-12-19)25-24(28)23-15-27(34(3,29)30)21-6-4-5-7-22(21)33-23/h4-14,23,26H,15H2,1-3H3,(H,25,28)/t23-/m0/s1. The van der Waals surface area contributed by atoms with Gasteiger partial charge in [-0.25, -0.2) is 16.8 Å². The molecule has 35 heavy (non-hydrogen) atoms. The summed E-state index contributed by atoms with van der Waals surface area (Å²) in [7, 11) is -7.46. The molecule has 1 aliphatic heterocycles. The van der Waals surface area contributed by atoms with E-state index in [0.29, 0.717) is 17.1 Å². The van der Waals surface area contributed by atoms with E-state index in [2.05, 4.69) is 10.0 Å². The summed E-state index contributed by atoms with van der Waals surface area (Å²) in [5, 5.41) is 2.66. The Labute approximate surface area is 204 Å². The van der Waals surface area contributed by atoms with Gasteiger partial charge in [0.25, 0.3) is 15.9 Å². The second-order valence-electron chi connectivity index (χ2n) is 8.31. The summed E-state index contributed by atoms with van der Waals surface area (Å²) in [6.07, 6.45) is -0.0238. The first-order chi connectivity index (χ1) is 16.4. The van der Waals surface area contributed by atoms with Gasteiger partial charge in [-0.2, -0.15) is 0 Å². The van der Waals surface area contributed by atoms with Crippen LogP contribution < -0.4 is 19.1 Å². The first-order valence-corrected chi connectivity index (χ1v) is 14.0.